The first-order valence-corrected chi connectivity index (χ1v) is 10.8. The molecule has 0 spiro atoms. The molecule has 3 unspecified atom stereocenters. The van der Waals surface area contributed by atoms with Gasteiger partial charge in [-0.05, 0) is 18.6 Å². The number of carbonyl (C=O) groups is 1. The lowest BCUT2D eigenvalue weighted by molar-refractivity contribution is -0.158. The molecular weight excluding hydrogens is 328 g/mol. The first kappa shape index (κ1) is 23.3. The Kier molecular flexibility index (Phi) is 12.1. The Hall–Kier alpha value is -0.710. The van der Waals surface area contributed by atoms with Crippen LogP contribution in [0.2, 0.25) is 0 Å². The van der Waals surface area contributed by atoms with Crippen LogP contribution in [0.1, 0.15) is 103 Å². The molecule has 0 fully saturated rings. The van der Waals surface area contributed by atoms with Crippen molar-refractivity contribution in [3.05, 3.63) is 12.2 Å². The third-order valence-electron chi connectivity index (χ3n) is 5.61. The van der Waals surface area contributed by atoms with Crippen molar-refractivity contribution in [2.75, 3.05) is 0 Å². The predicted octanol–water partition coefficient (Wildman–Crippen LogP) is 4.45. The van der Waals surface area contributed by atoms with Gasteiger partial charge in [0.2, 0.25) is 0 Å². The minimum absolute atomic E-state index is 0.346. The normalized spacial score (nSPS) is 23.7. The van der Waals surface area contributed by atoms with Gasteiger partial charge in [-0.3, -0.25) is 4.79 Å². The third kappa shape index (κ3) is 7.89. The summed E-state index contributed by atoms with van der Waals surface area (Å²) in [6.07, 6.45) is 17.9. The van der Waals surface area contributed by atoms with Crippen LogP contribution in [-0.4, -0.2) is 38.9 Å². The van der Waals surface area contributed by atoms with E-state index in [1.165, 1.54) is 76.7 Å². The molecule has 0 aromatic carbocycles. The van der Waals surface area contributed by atoms with E-state index >= 15 is 0 Å². The Bertz CT molecular complexity index is 407. The fourth-order valence-corrected chi connectivity index (χ4v) is 3.72. The molecule has 0 bridgehead atoms. The molecule has 4 nitrogen and oxygen atoms in total. The van der Waals surface area contributed by atoms with Crippen LogP contribution in [0.5, 0.6) is 0 Å². The van der Waals surface area contributed by atoms with Crippen molar-refractivity contribution < 1.29 is 20.1 Å². The quantitative estimate of drug-likeness (QED) is 0.352. The molecule has 0 saturated carbocycles. The summed E-state index contributed by atoms with van der Waals surface area (Å²) in [5.41, 5.74) is -2.03. The molecule has 1 rings (SSSR count). The van der Waals surface area contributed by atoms with Gasteiger partial charge in [-0.25, -0.2) is 0 Å². The van der Waals surface area contributed by atoms with Gasteiger partial charge in [-0.2, -0.15) is 0 Å². The average molecular weight is 369 g/mol. The lowest BCUT2D eigenvalue weighted by Gasteiger charge is -2.30. The summed E-state index contributed by atoms with van der Waals surface area (Å²) in [4.78, 5) is 11.6. The van der Waals surface area contributed by atoms with E-state index in [4.69, 9.17) is 0 Å². The molecule has 0 aromatic rings. The van der Waals surface area contributed by atoms with Crippen LogP contribution < -0.4 is 0 Å². The van der Waals surface area contributed by atoms with Gasteiger partial charge in [0.1, 0.15) is 6.10 Å². The SMILES string of the molecule is CCCCCCCCCCCCCCCCC(O)C1(O)C(=O)C=CC1O. The minimum Gasteiger partial charge on any atom is -0.390 e. The zero-order chi connectivity index (χ0) is 19.3. The highest BCUT2D eigenvalue weighted by Crippen LogP contribution is 2.27. The topological polar surface area (TPSA) is 77.8 Å². The molecule has 0 heterocycles. The van der Waals surface area contributed by atoms with Crippen LogP contribution in [0.4, 0.5) is 0 Å². The number of unbranched alkanes of at least 4 members (excludes halogenated alkanes) is 13. The highest BCUT2D eigenvalue weighted by Gasteiger charge is 2.50. The summed E-state index contributed by atoms with van der Waals surface area (Å²) in [5.74, 6) is -0.595. The summed E-state index contributed by atoms with van der Waals surface area (Å²) in [6, 6.07) is 0. The number of ketones is 1. The predicted molar refractivity (Wildman–Crippen MR) is 106 cm³/mol. The van der Waals surface area contributed by atoms with Crippen LogP contribution in [0, 0.1) is 0 Å². The number of carbonyl (C=O) groups excluding carboxylic acids is 1. The number of hydrogen-bond donors (Lipinski definition) is 3. The lowest BCUT2D eigenvalue weighted by Crippen LogP contribution is -2.54. The fourth-order valence-electron chi connectivity index (χ4n) is 3.72. The molecular formula is C22H40O4. The van der Waals surface area contributed by atoms with Crippen molar-refractivity contribution in [1.82, 2.24) is 0 Å². The van der Waals surface area contributed by atoms with Gasteiger partial charge in [-0.1, -0.05) is 96.8 Å². The summed E-state index contributed by atoms with van der Waals surface area (Å²) in [7, 11) is 0. The monoisotopic (exact) mass is 368 g/mol. The van der Waals surface area contributed by atoms with E-state index in [1.807, 2.05) is 0 Å². The van der Waals surface area contributed by atoms with E-state index in [9.17, 15) is 20.1 Å². The Morgan fingerprint density at radius 1 is 0.885 bits per heavy atom. The molecule has 0 saturated heterocycles. The van der Waals surface area contributed by atoms with Gasteiger partial charge in [0.15, 0.2) is 11.4 Å². The Balaban J connectivity index is 1.90. The average Bonchev–Trinajstić information content (AvgIpc) is 2.90. The lowest BCUT2D eigenvalue weighted by atomic mass is 9.87. The molecule has 3 N–H and O–H groups in total. The number of aliphatic hydroxyl groups excluding tert-OH is 2. The number of aliphatic hydroxyl groups is 3. The summed E-state index contributed by atoms with van der Waals surface area (Å²) in [6.45, 7) is 2.25. The standard InChI is InChI=1S/C22H40O4/c1-2-3-4-5-6-7-8-9-10-11-12-13-14-15-16-19(23)22(26)20(24)17-18-21(22)25/h17-20,23-24,26H,2-16H2,1H3. The van der Waals surface area contributed by atoms with E-state index in [2.05, 4.69) is 6.92 Å². The largest absolute Gasteiger partial charge is 0.390 e. The van der Waals surface area contributed by atoms with Gasteiger partial charge in [0.25, 0.3) is 0 Å². The van der Waals surface area contributed by atoms with Crippen LogP contribution in [-0.2, 0) is 4.79 Å². The van der Waals surface area contributed by atoms with Crippen molar-refractivity contribution in [2.45, 2.75) is 121 Å². The third-order valence-corrected chi connectivity index (χ3v) is 5.61. The van der Waals surface area contributed by atoms with E-state index in [1.54, 1.807) is 0 Å². The second-order valence-corrected chi connectivity index (χ2v) is 7.89. The molecule has 152 valence electrons. The van der Waals surface area contributed by atoms with Crippen molar-refractivity contribution >= 4 is 5.78 Å². The summed E-state index contributed by atoms with van der Waals surface area (Å²) in [5, 5.41) is 29.9. The molecule has 0 radical (unpaired) electrons. The van der Waals surface area contributed by atoms with Gasteiger partial charge >= 0.3 is 0 Å². The van der Waals surface area contributed by atoms with E-state index in [-0.39, 0.29) is 0 Å². The number of rotatable bonds is 16. The second-order valence-electron chi connectivity index (χ2n) is 7.89. The smallest absolute Gasteiger partial charge is 0.192 e. The fraction of sp³-hybridized carbons (Fsp3) is 0.864. The molecule has 26 heavy (non-hydrogen) atoms. The first-order valence-electron chi connectivity index (χ1n) is 10.8. The summed E-state index contributed by atoms with van der Waals surface area (Å²) < 4.78 is 0. The zero-order valence-corrected chi connectivity index (χ0v) is 16.7. The van der Waals surface area contributed by atoms with Crippen LogP contribution in [0.3, 0.4) is 0 Å². The van der Waals surface area contributed by atoms with Gasteiger partial charge in [0.05, 0.1) is 6.10 Å². The molecule has 1 aliphatic carbocycles. The molecule has 4 heteroatoms. The maximum atomic E-state index is 11.6. The van der Waals surface area contributed by atoms with Crippen molar-refractivity contribution in [3.63, 3.8) is 0 Å². The summed E-state index contributed by atoms with van der Waals surface area (Å²) >= 11 is 0. The molecule has 0 aliphatic heterocycles. The highest BCUT2D eigenvalue weighted by atomic mass is 16.4. The van der Waals surface area contributed by atoms with Crippen molar-refractivity contribution in [3.8, 4) is 0 Å². The number of hydrogen-bond acceptors (Lipinski definition) is 4. The molecule has 1 aliphatic rings. The Labute approximate surface area is 159 Å². The zero-order valence-electron chi connectivity index (χ0n) is 16.7. The Morgan fingerprint density at radius 2 is 1.31 bits per heavy atom. The van der Waals surface area contributed by atoms with Crippen LogP contribution in [0.15, 0.2) is 12.2 Å². The molecule has 0 amide bonds. The maximum absolute atomic E-state index is 11.6. The molecule has 3 atom stereocenters. The van der Waals surface area contributed by atoms with Crippen molar-refractivity contribution in [1.29, 1.82) is 0 Å². The molecule has 0 aromatic heterocycles. The Morgan fingerprint density at radius 3 is 1.69 bits per heavy atom. The second kappa shape index (κ2) is 13.5. The first-order chi connectivity index (χ1) is 12.5. The van der Waals surface area contributed by atoms with Crippen molar-refractivity contribution in [2.24, 2.45) is 0 Å². The minimum atomic E-state index is -2.03. The van der Waals surface area contributed by atoms with E-state index in [0.29, 0.717) is 6.42 Å². The van der Waals surface area contributed by atoms with Gasteiger partial charge in [-0.15, -0.1) is 0 Å². The van der Waals surface area contributed by atoms with Crippen LogP contribution >= 0.6 is 0 Å². The van der Waals surface area contributed by atoms with E-state index in [0.717, 1.165) is 25.3 Å². The highest BCUT2D eigenvalue weighted by molar-refractivity contribution is 6.00. The van der Waals surface area contributed by atoms with E-state index < -0.39 is 23.6 Å². The van der Waals surface area contributed by atoms with Crippen LogP contribution in [0.25, 0.3) is 0 Å². The van der Waals surface area contributed by atoms with Gasteiger partial charge in [0, 0.05) is 0 Å². The van der Waals surface area contributed by atoms with Gasteiger partial charge < -0.3 is 15.3 Å². The maximum Gasteiger partial charge on any atom is 0.192 e.